The van der Waals surface area contributed by atoms with Crippen molar-refractivity contribution in [3.8, 4) is 0 Å². The van der Waals surface area contributed by atoms with Crippen LogP contribution in [-0.4, -0.2) is 32.9 Å². The molecule has 0 radical (unpaired) electrons. The van der Waals surface area contributed by atoms with Crippen LogP contribution in [0.25, 0.3) is 0 Å². The average molecular weight is 262 g/mol. The number of nitrogens with one attached hydrogen (secondary N) is 1. The van der Waals surface area contributed by atoms with E-state index in [4.69, 9.17) is 5.73 Å². The zero-order chi connectivity index (χ0) is 12.8. The molecule has 8 heteroatoms. The van der Waals surface area contributed by atoms with Gasteiger partial charge in [0.15, 0.2) is 0 Å². The highest BCUT2D eigenvalue weighted by Crippen LogP contribution is 2.21. The summed E-state index contributed by atoms with van der Waals surface area (Å²) in [5.41, 5.74) is 5.28. The Labute approximate surface area is 93.4 Å². The number of hydrogen-bond donors (Lipinski definition) is 2. The second-order valence-electron chi connectivity index (χ2n) is 3.50. The van der Waals surface area contributed by atoms with Gasteiger partial charge >= 0.3 is 6.18 Å². The van der Waals surface area contributed by atoms with Crippen LogP contribution >= 0.6 is 0 Å². The Bertz CT molecular complexity index is 286. The summed E-state index contributed by atoms with van der Waals surface area (Å²) in [6.07, 6.45) is -5.32. The van der Waals surface area contributed by atoms with Crippen LogP contribution in [0.5, 0.6) is 0 Å². The fourth-order valence-corrected chi connectivity index (χ4v) is 2.49. The average Bonchev–Trinajstić information content (AvgIpc) is 2.11. The Hall–Kier alpha value is -0.340. The fraction of sp³-hybridized carbons (Fsp3) is 1.00. The van der Waals surface area contributed by atoms with E-state index in [2.05, 4.69) is 4.72 Å². The van der Waals surface area contributed by atoms with Crippen molar-refractivity contribution >= 4 is 10.0 Å². The molecule has 98 valence electrons. The van der Waals surface area contributed by atoms with Crippen molar-refractivity contribution < 1.29 is 21.6 Å². The number of hydrogen-bond acceptors (Lipinski definition) is 3. The standard InChI is InChI=1S/C8H17F3N2O2S/c1-2-7(6-12)13-16(14,15)5-3-4-8(9,10)11/h7,13H,2-6,12H2,1H3. The summed E-state index contributed by atoms with van der Waals surface area (Å²) in [5, 5.41) is 0. The third kappa shape index (κ3) is 7.89. The molecule has 0 aliphatic rings. The summed E-state index contributed by atoms with van der Waals surface area (Å²) in [5.74, 6) is -0.525. The summed E-state index contributed by atoms with van der Waals surface area (Å²) in [6.45, 7) is 1.88. The maximum Gasteiger partial charge on any atom is 0.389 e. The fourth-order valence-electron chi connectivity index (χ4n) is 1.07. The van der Waals surface area contributed by atoms with Crippen LogP contribution in [0.15, 0.2) is 0 Å². The van der Waals surface area contributed by atoms with Gasteiger partial charge in [0.1, 0.15) is 0 Å². The van der Waals surface area contributed by atoms with Crippen LogP contribution in [-0.2, 0) is 10.0 Å². The second kappa shape index (κ2) is 6.41. The van der Waals surface area contributed by atoms with Crippen molar-refractivity contribution in [2.24, 2.45) is 5.73 Å². The summed E-state index contributed by atoms with van der Waals surface area (Å²) in [7, 11) is -3.66. The van der Waals surface area contributed by atoms with Gasteiger partial charge in [-0.05, 0) is 12.8 Å². The van der Waals surface area contributed by atoms with E-state index in [0.29, 0.717) is 6.42 Å². The minimum Gasteiger partial charge on any atom is -0.329 e. The Morgan fingerprint density at radius 2 is 1.94 bits per heavy atom. The number of halogens is 3. The van der Waals surface area contributed by atoms with E-state index in [0.717, 1.165) is 0 Å². The largest absolute Gasteiger partial charge is 0.389 e. The number of alkyl halides is 3. The van der Waals surface area contributed by atoms with Gasteiger partial charge in [-0.1, -0.05) is 6.92 Å². The molecule has 0 bridgehead atoms. The van der Waals surface area contributed by atoms with E-state index >= 15 is 0 Å². The maximum absolute atomic E-state index is 11.8. The van der Waals surface area contributed by atoms with Gasteiger partial charge in [-0.2, -0.15) is 13.2 Å². The Morgan fingerprint density at radius 3 is 2.31 bits per heavy atom. The minimum absolute atomic E-state index is 0.134. The monoisotopic (exact) mass is 262 g/mol. The van der Waals surface area contributed by atoms with Gasteiger partial charge in [-0.3, -0.25) is 0 Å². The first-order chi connectivity index (χ1) is 7.20. The molecule has 0 spiro atoms. The lowest BCUT2D eigenvalue weighted by Crippen LogP contribution is -2.40. The first kappa shape index (κ1) is 15.7. The smallest absolute Gasteiger partial charge is 0.329 e. The molecule has 4 nitrogen and oxygen atoms in total. The zero-order valence-electron chi connectivity index (χ0n) is 9.05. The molecule has 0 aliphatic carbocycles. The molecule has 0 aromatic rings. The van der Waals surface area contributed by atoms with Crippen molar-refractivity contribution in [1.29, 1.82) is 0 Å². The molecule has 1 unspecified atom stereocenters. The third-order valence-electron chi connectivity index (χ3n) is 2.00. The van der Waals surface area contributed by atoms with E-state index in [1.54, 1.807) is 6.92 Å². The first-order valence-corrected chi connectivity index (χ1v) is 6.62. The van der Waals surface area contributed by atoms with Gasteiger partial charge in [-0.25, -0.2) is 13.1 Å². The molecule has 0 aromatic heterocycles. The van der Waals surface area contributed by atoms with Crippen LogP contribution in [0, 0.1) is 0 Å². The van der Waals surface area contributed by atoms with E-state index in [1.165, 1.54) is 0 Å². The minimum atomic E-state index is -4.31. The van der Waals surface area contributed by atoms with Gasteiger partial charge < -0.3 is 5.73 Å². The lowest BCUT2D eigenvalue weighted by Gasteiger charge is -2.14. The van der Waals surface area contributed by atoms with Crippen molar-refractivity contribution in [2.45, 2.75) is 38.4 Å². The zero-order valence-corrected chi connectivity index (χ0v) is 9.87. The van der Waals surface area contributed by atoms with E-state index in [1.807, 2.05) is 0 Å². The summed E-state index contributed by atoms with van der Waals surface area (Å²) in [4.78, 5) is 0. The molecule has 0 aliphatic heterocycles. The molecular formula is C8H17F3N2O2S. The number of rotatable bonds is 7. The van der Waals surface area contributed by atoms with Crippen LogP contribution < -0.4 is 10.5 Å². The molecule has 3 N–H and O–H groups in total. The first-order valence-electron chi connectivity index (χ1n) is 4.97. The predicted molar refractivity (Wildman–Crippen MR) is 55.3 cm³/mol. The van der Waals surface area contributed by atoms with Crippen LogP contribution in [0.2, 0.25) is 0 Å². The van der Waals surface area contributed by atoms with Crippen molar-refractivity contribution in [1.82, 2.24) is 4.72 Å². The van der Waals surface area contributed by atoms with Crippen molar-refractivity contribution in [3.63, 3.8) is 0 Å². The van der Waals surface area contributed by atoms with Crippen LogP contribution in [0.1, 0.15) is 26.2 Å². The van der Waals surface area contributed by atoms with Gasteiger partial charge in [0, 0.05) is 19.0 Å². The molecule has 0 amide bonds. The molecule has 0 saturated heterocycles. The van der Waals surface area contributed by atoms with Crippen LogP contribution in [0.4, 0.5) is 13.2 Å². The highest BCUT2D eigenvalue weighted by atomic mass is 32.2. The number of nitrogens with two attached hydrogens (primary N) is 1. The lowest BCUT2D eigenvalue weighted by molar-refractivity contribution is -0.134. The second-order valence-corrected chi connectivity index (χ2v) is 5.37. The lowest BCUT2D eigenvalue weighted by atomic mass is 10.2. The van der Waals surface area contributed by atoms with E-state index in [-0.39, 0.29) is 6.54 Å². The topological polar surface area (TPSA) is 72.2 Å². The molecule has 0 saturated carbocycles. The molecule has 1 atom stereocenters. The summed E-state index contributed by atoms with van der Waals surface area (Å²) in [6, 6.07) is -0.407. The Kier molecular flexibility index (Phi) is 6.27. The Morgan fingerprint density at radius 1 is 1.38 bits per heavy atom. The third-order valence-corrected chi connectivity index (χ3v) is 3.52. The molecule has 0 rings (SSSR count). The quantitative estimate of drug-likeness (QED) is 0.718. The molecule has 0 aromatic carbocycles. The summed E-state index contributed by atoms with van der Waals surface area (Å²) < 4.78 is 60.3. The van der Waals surface area contributed by atoms with E-state index in [9.17, 15) is 21.6 Å². The van der Waals surface area contributed by atoms with Crippen LogP contribution in [0.3, 0.4) is 0 Å². The summed E-state index contributed by atoms with van der Waals surface area (Å²) >= 11 is 0. The van der Waals surface area contributed by atoms with Gasteiger partial charge in [-0.15, -0.1) is 0 Å². The van der Waals surface area contributed by atoms with Gasteiger partial charge in [0.2, 0.25) is 10.0 Å². The predicted octanol–water partition coefficient (Wildman–Crippen LogP) is 0.986. The molecule has 0 heterocycles. The number of sulfonamides is 1. The van der Waals surface area contributed by atoms with Gasteiger partial charge in [0.05, 0.1) is 5.75 Å². The molecular weight excluding hydrogens is 245 g/mol. The SMILES string of the molecule is CCC(CN)NS(=O)(=O)CCCC(F)(F)F. The highest BCUT2D eigenvalue weighted by Gasteiger charge is 2.27. The van der Waals surface area contributed by atoms with Gasteiger partial charge in [0.25, 0.3) is 0 Å². The van der Waals surface area contributed by atoms with E-state index < -0.39 is 40.8 Å². The normalized spacial score (nSPS) is 15.1. The van der Waals surface area contributed by atoms with Crippen molar-refractivity contribution in [3.05, 3.63) is 0 Å². The molecule has 0 fully saturated rings. The maximum atomic E-state index is 11.8. The van der Waals surface area contributed by atoms with Crippen molar-refractivity contribution in [2.75, 3.05) is 12.3 Å². The Balaban J connectivity index is 4.06. The molecule has 16 heavy (non-hydrogen) atoms. The highest BCUT2D eigenvalue weighted by molar-refractivity contribution is 7.89.